The standard InChI is InChI=1S/C17H30N2O/c1-12(2)13-4-6-14(7-5-13)18-16(20)19-15-8-11-17(15)9-3-10-17/h12-15H,3-11H2,1-2H3,(H2,18,19,20). The van der Waals surface area contributed by atoms with E-state index in [1.54, 1.807) is 0 Å². The molecular weight excluding hydrogens is 248 g/mol. The van der Waals surface area contributed by atoms with Crippen molar-refractivity contribution >= 4 is 6.03 Å². The fourth-order valence-corrected chi connectivity index (χ4v) is 4.47. The number of carbonyl (C=O) groups is 1. The van der Waals surface area contributed by atoms with E-state index < -0.39 is 0 Å². The predicted molar refractivity (Wildman–Crippen MR) is 81.6 cm³/mol. The molecule has 114 valence electrons. The van der Waals surface area contributed by atoms with Crippen molar-refractivity contribution in [3.8, 4) is 0 Å². The fourth-order valence-electron chi connectivity index (χ4n) is 4.47. The van der Waals surface area contributed by atoms with E-state index in [-0.39, 0.29) is 6.03 Å². The summed E-state index contributed by atoms with van der Waals surface area (Å²) in [6.45, 7) is 4.64. The summed E-state index contributed by atoms with van der Waals surface area (Å²) in [7, 11) is 0. The fraction of sp³-hybridized carbons (Fsp3) is 0.941. The summed E-state index contributed by atoms with van der Waals surface area (Å²) in [6.07, 6.45) is 11.4. The Morgan fingerprint density at radius 2 is 1.70 bits per heavy atom. The molecule has 20 heavy (non-hydrogen) atoms. The Bertz CT molecular complexity index is 348. The lowest BCUT2D eigenvalue weighted by Gasteiger charge is -2.56. The van der Waals surface area contributed by atoms with Gasteiger partial charge in [-0.05, 0) is 68.6 Å². The lowest BCUT2D eigenvalue weighted by atomic mass is 9.53. The zero-order chi connectivity index (χ0) is 14.2. The average Bonchev–Trinajstić information content (AvgIpc) is 2.33. The van der Waals surface area contributed by atoms with Crippen LogP contribution in [0.3, 0.4) is 0 Å². The van der Waals surface area contributed by atoms with Crippen LogP contribution in [-0.4, -0.2) is 18.1 Å². The van der Waals surface area contributed by atoms with Crippen molar-refractivity contribution in [3.05, 3.63) is 0 Å². The zero-order valence-electron chi connectivity index (χ0n) is 13.1. The third-order valence-corrected chi connectivity index (χ3v) is 6.37. The molecule has 1 spiro atoms. The summed E-state index contributed by atoms with van der Waals surface area (Å²) in [5.41, 5.74) is 0.507. The van der Waals surface area contributed by atoms with Crippen LogP contribution in [-0.2, 0) is 0 Å². The molecular formula is C17H30N2O. The third kappa shape index (κ3) is 2.68. The summed E-state index contributed by atoms with van der Waals surface area (Å²) in [6, 6.07) is 0.958. The van der Waals surface area contributed by atoms with Crippen molar-refractivity contribution < 1.29 is 4.79 Å². The van der Waals surface area contributed by atoms with Crippen LogP contribution in [0.25, 0.3) is 0 Å². The van der Waals surface area contributed by atoms with E-state index in [1.165, 1.54) is 44.9 Å². The van der Waals surface area contributed by atoms with Gasteiger partial charge in [-0.1, -0.05) is 20.3 Å². The SMILES string of the molecule is CC(C)C1CCC(NC(=O)NC2CCC23CCC3)CC1. The number of urea groups is 1. The van der Waals surface area contributed by atoms with E-state index >= 15 is 0 Å². The van der Waals surface area contributed by atoms with E-state index in [2.05, 4.69) is 24.5 Å². The quantitative estimate of drug-likeness (QED) is 0.809. The number of nitrogens with one attached hydrogen (secondary N) is 2. The highest BCUT2D eigenvalue weighted by Gasteiger charge is 2.51. The number of amides is 2. The van der Waals surface area contributed by atoms with Gasteiger partial charge >= 0.3 is 6.03 Å². The van der Waals surface area contributed by atoms with E-state index in [0.717, 1.165) is 24.7 Å². The second kappa shape index (κ2) is 5.57. The van der Waals surface area contributed by atoms with Gasteiger partial charge in [-0.2, -0.15) is 0 Å². The molecule has 3 nitrogen and oxygen atoms in total. The molecule has 0 bridgehead atoms. The van der Waals surface area contributed by atoms with Crippen molar-refractivity contribution in [2.45, 2.75) is 83.7 Å². The maximum Gasteiger partial charge on any atom is 0.315 e. The van der Waals surface area contributed by atoms with Gasteiger partial charge in [0.1, 0.15) is 0 Å². The molecule has 3 aliphatic carbocycles. The normalized spacial score (nSPS) is 35.2. The lowest BCUT2D eigenvalue weighted by molar-refractivity contribution is -0.0116. The molecule has 0 aromatic heterocycles. The summed E-state index contributed by atoms with van der Waals surface area (Å²) in [4.78, 5) is 12.1. The molecule has 2 amide bonds. The summed E-state index contributed by atoms with van der Waals surface area (Å²) >= 11 is 0. The van der Waals surface area contributed by atoms with Crippen molar-refractivity contribution in [3.63, 3.8) is 0 Å². The van der Waals surface area contributed by atoms with E-state index in [4.69, 9.17) is 0 Å². The highest BCUT2D eigenvalue weighted by Crippen LogP contribution is 2.55. The Morgan fingerprint density at radius 3 is 2.15 bits per heavy atom. The summed E-state index contributed by atoms with van der Waals surface area (Å²) in [5.74, 6) is 1.65. The van der Waals surface area contributed by atoms with Crippen LogP contribution in [0, 0.1) is 17.3 Å². The number of hydrogen-bond acceptors (Lipinski definition) is 1. The van der Waals surface area contributed by atoms with Crippen LogP contribution in [0.4, 0.5) is 4.79 Å². The van der Waals surface area contributed by atoms with E-state index in [9.17, 15) is 4.79 Å². The van der Waals surface area contributed by atoms with Crippen LogP contribution < -0.4 is 10.6 Å². The third-order valence-electron chi connectivity index (χ3n) is 6.37. The molecule has 0 aliphatic heterocycles. The highest BCUT2D eigenvalue weighted by molar-refractivity contribution is 5.74. The Kier molecular flexibility index (Phi) is 3.96. The first kappa shape index (κ1) is 14.2. The minimum atomic E-state index is 0.0916. The summed E-state index contributed by atoms with van der Waals surface area (Å²) < 4.78 is 0. The monoisotopic (exact) mass is 278 g/mol. The maximum absolute atomic E-state index is 12.1. The van der Waals surface area contributed by atoms with Gasteiger partial charge in [-0.15, -0.1) is 0 Å². The van der Waals surface area contributed by atoms with E-state index in [1.807, 2.05) is 0 Å². The van der Waals surface area contributed by atoms with Gasteiger partial charge in [0.2, 0.25) is 0 Å². The molecule has 0 heterocycles. The first-order chi connectivity index (χ1) is 9.59. The zero-order valence-corrected chi connectivity index (χ0v) is 13.1. The smallest absolute Gasteiger partial charge is 0.315 e. The molecule has 0 aromatic carbocycles. The Hall–Kier alpha value is -0.730. The molecule has 3 aliphatic rings. The van der Waals surface area contributed by atoms with Gasteiger partial charge in [0.25, 0.3) is 0 Å². The predicted octanol–water partition coefficient (Wildman–Crippen LogP) is 3.83. The van der Waals surface area contributed by atoms with Crippen LogP contribution in [0.5, 0.6) is 0 Å². The van der Waals surface area contributed by atoms with Crippen LogP contribution >= 0.6 is 0 Å². The lowest BCUT2D eigenvalue weighted by Crippen LogP contribution is -2.60. The second-order valence-electron chi connectivity index (χ2n) is 7.78. The van der Waals surface area contributed by atoms with E-state index in [0.29, 0.717) is 17.5 Å². The molecule has 3 heteroatoms. The molecule has 0 saturated heterocycles. The molecule has 3 fully saturated rings. The minimum Gasteiger partial charge on any atom is -0.335 e. The molecule has 0 aromatic rings. The minimum absolute atomic E-state index is 0.0916. The highest BCUT2D eigenvalue weighted by atomic mass is 16.2. The number of hydrogen-bond donors (Lipinski definition) is 2. The van der Waals surface area contributed by atoms with Crippen molar-refractivity contribution in [1.29, 1.82) is 0 Å². The van der Waals surface area contributed by atoms with Gasteiger partial charge in [0.15, 0.2) is 0 Å². The molecule has 3 rings (SSSR count). The number of carbonyl (C=O) groups excluding carboxylic acids is 1. The van der Waals surface area contributed by atoms with Crippen LogP contribution in [0.15, 0.2) is 0 Å². The van der Waals surface area contributed by atoms with Gasteiger partial charge in [-0.3, -0.25) is 0 Å². The molecule has 1 unspecified atom stereocenters. The van der Waals surface area contributed by atoms with Gasteiger partial charge in [0, 0.05) is 12.1 Å². The molecule has 3 saturated carbocycles. The van der Waals surface area contributed by atoms with Crippen molar-refractivity contribution in [2.24, 2.45) is 17.3 Å². The molecule has 2 N–H and O–H groups in total. The van der Waals surface area contributed by atoms with Crippen LogP contribution in [0.2, 0.25) is 0 Å². The summed E-state index contributed by atoms with van der Waals surface area (Å²) in [5, 5.41) is 6.45. The van der Waals surface area contributed by atoms with Gasteiger partial charge < -0.3 is 10.6 Å². The second-order valence-corrected chi connectivity index (χ2v) is 7.78. The first-order valence-corrected chi connectivity index (χ1v) is 8.66. The first-order valence-electron chi connectivity index (χ1n) is 8.66. The Morgan fingerprint density at radius 1 is 1.00 bits per heavy atom. The van der Waals surface area contributed by atoms with Gasteiger partial charge in [-0.25, -0.2) is 4.79 Å². The maximum atomic E-state index is 12.1. The van der Waals surface area contributed by atoms with Crippen molar-refractivity contribution in [2.75, 3.05) is 0 Å². The Labute approximate surface area is 123 Å². The Balaban J connectivity index is 1.39. The largest absolute Gasteiger partial charge is 0.335 e. The topological polar surface area (TPSA) is 41.1 Å². The number of rotatable bonds is 3. The average molecular weight is 278 g/mol. The molecule has 0 radical (unpaired) electrons. The van der Waals surface area contributed by atoms with Gasteiger partial charge in [0.05, 0.1) is 0 Å². The van der Waals surface area contributed by atoms with Crippen molar-refractivity contribution in [1.82, 2.24) is 10.6 Å². The van der Waals surface area contributed by atoms with Crippen LogP contribution in [0.1, 0.15) is 71.6 Å². The molecule has 1 atom stereocenters.